The lowest BCUT2D eigenvalue weighted by atomic mass is 10.1. The van der Waals surface area contributed by atoms with E-state index in [1.165, 1.54) is 18.6 Å². The Hall–Kier alpha value is -2.56. The Kier molecular flexibility index (Phi) is 5.59. The van der Waals surface area contributed by atoms with Crippen LogP contribution in [0.2, 0.25) is 0 Å². The lowest BCUT2D eigenvalue weighted by Gasteiger charge is -2.34. The zero-order valence-corrected chi connectivity index (χ0v) is 18.4. The molecule has 0 N–H and O–H groups in total. The van der Waals surface area contributed by atoms with Gasteiger partial charge in [0, 0.05) is 19.3 Å². The van der Waals surface area contributed by atoms with Crippen LogP contribution in [0.15, 0.2) is 18.3 Å². The first-order valence-electron chi connectivity index (χ1n) is 10.6. The third kappa shape index (κ3) is 3.68. The van der Waals surface area contributed by atoms with E-state index >= 15 is 0 Å². The minimum atomic E-state index is -0.395. The average Bonchev–Trinajstić information content (AvgIpc) is 3.45. The smallest absolute Gasteiger partial charge is 0.339 e. The quantitative estimate of drug-likeness (QED) is 0.568. The third-order valence-electron chi connectivity index (χ3n) is 5.82. The lowest BCUT2D eigenvalue weighted by Crippen LogP contribution is -2.44. The Balaban J connectivity index is 1.64. The molecule has 0 aliphatic carbocycles. The molecule has 2 atom stereocenters. The van der Waals surface area contributed by atoms with Crippen molar-refractivity contribution in [2.24, 2.45) is 0 Å². The summed E-state index contributed by atoms with van der Waals surface area (Å²) in [6.45, 7) is 4.77. The van der Waals surface area contributed by atoms with Crippen LogP contribution in [0.25, 0.3) is 21.6 Å². The number of methoxy groups -OCH3 is 1. The zero-order chi connectivity index (χ0) is 21.4. The maximum absolute atomic E-state index is 12.6. The van der Waals surface area contributed by atoms with Crippen molar-refractivity contribution in [2.45, 2.75) is 38.5 Å². The van der Waals surface area contributed by atoms with E-state index in [1.807, 2.05) is 10.7 Å². The fraction of sp³-hybridized carbons (Fsp3) is 0.524. The number of ether oxygens (including phenoxy) is 3. The van der Waals surface area contributed by atoms with E-state index in [-0.39, 0.29) is 12.3 Å². The number of rotatable bonds is 4. The SMILES string of the molecule is COC(=O)c1cc(N2CCOCC2C)nc2c(-c3ccnn3C3CCCCO3)nsc12. The first-order chi connectivity index (χ1) is 15.2. The molecule has 0 amide bonds. The van der Waals surface area contributed by atoms with Crippen LogP contribution in [0.1, 0.15) is 42.8 Å². The Bertz CT molecular complexity index is 1090. The summed E-state index contributed by atoms with van der Waals surface area (Å²) in [6.07, 6.45) is 4.73. The first kappa shape index (κ1) is 20.3. The molecule has 164 valence electrons. The number of pyridine rings is 1. The van der Waals surface area contributed by atoms with Crippen molar-refractivity contribution in [3.8, 4) is 11.4 Å². The summed E-state index contributed by atoms with van der Waals surface area (Å²) in [7, 11) is 1.39. The van der Waals surface area contributed by atoms with Gasteiger partial charge in [-0.05, 0) is 49.9 Å². The van der Waals surface area contributed by atoms with E-state index in [0.29, 0.717) is 41.2 Å². The number of anilines is 1. The molecule has 0 spiro atoms. The number of nitrogens with zero attached hydrogens (tertiary/aromatic N) is 5. The van der Waals surface area contributed by atoms with Crippen molar-refractivity contribution >= 4 is 33.5 Å². The average molecular weight is 444 g/mol. The molecule has 3 aromatic rings. The third-order valence-corrected chi connectivity index (χ3v) is 6.69. The summed E-state index contributed by atoms with van der Waals surface area (Å²) in [5, 5.41) is 4.51. The number of carbonyl (C=O) groups is 1. The van der Waals surface area contributed by atoms with Crippen LogP contribution in [0.5, 0.6) is 0 Å². The maximum Gasteiger partial charge on any atom is 0.339 e. The normalized spacial score (nSPS) is 22.1. The molecule has 0 radical (unpaired) electrons. The maximum atomic E-state index is 12.6. The van der Waals surface area contributed by atoms with Gasteiger partial charge >= 0.3 is 5.97 Å². The number of carbonyl (C=O) groups excluding carboxylic acids is 1. The second kappa shape index (κ2) is 8.52. The molecule has 2 fully saturated rings. The molecule has 3 aromatic heterocycles. The van der Waals surface area contributed by atoms with E-state index in [9.17, 15) is 4.79 Å². The van der Waals surface area contributed by atoms with Crippen molar-refractivity contribution in [3.05, 3.63) is 23.9 Å². The van der Waals surface area contributed by atoms with E-state index in [0.717, 1.165) is 37.4 Å². The predicted molar refractivity (Wildman–Crippen MR) is 116 cm³/mol. The Labute approximate surface area is 184 Å². The largest absolute Gasteiger partial charge is 0.465 e. The first-order valence-corrected chi connectivity index (χ1v) is 11.3. The second-order valence-electron chi connectivity index (χ2n) is 7.83. The van der Waals surface area contributed by atoms with Crippen LogP contribution in [-0.2, 0) is 14.2 Å². The molecule has 9 nitrogen and oxygen atoms in total. The molecule has 2 aliphatic heterocycles. The molecular formula is C21H25N5O4S. The Morgan fingerprint density at radius 3 is 3.00 bits per heavy atom. The molecule has 2 saturated heterocycles. The molecule has 31 heavy (non-hydrogen) atoms. The van der Waals surface area contributed by atoms with Crippen LogP contribution < -0.4 is 4.90 Å². The van der Waals surface area contributed by atoms with Crippen molar-refractivity contribution < 1.29 is 19.0 Å². The van der Waals surface area contributed by atoms with Gasteiger partial charge in [-0.25, -0.2) is 14.5 Å². The van der Waals surface area contributed by atoms with Gasteiger partial charge in [-0.3, -0.25) is 0 Å². The van der Waals surface area contributed by atoms with E-state index < -0.39 is 5.97 Å². The summed E-state index contributed by atoms with van der Waals surface area (Å²) in [5.41, 5.74) is 2.71. The van der Waals surface area contributed by atoms with Gasteiger partial charge in [0.05, 0.1) is 42.3 Å². The monoisotopic (exact) mass is 443 g/mol. The minimum Gasteiger partial charge on any atom is -0.465 e. The summed E-state index contributed by atoms with van der Waals surface area (Å²) >= 11 is 1.26. The fourth-order valence-corrected chi connectivity index (χ4v) is 5.03. The number of hydrogen-bond acceptors (Lipinski definition) is 9. The fourth-order valence-electron chi connectivity index (χ4n) is 4.20. The van der Waals surface area contributed by atoms with Crippen molar-refractivity contribution in [1.29, 1.82) is 0 Å². The van der Waals surface area contributed by atoms with Gasteiger partial charge in [0.2, 0.25) is 0 Å². The number of esters is 1. The van der Waals surface area contributed by atoms with Crippen LogP contribution in [0, 0.1) is 0 Å². The molecule has 0 bridgehead atoms. The standard InChI is InChI=1S/C21H25N5O4S/c1-13-12-29-10-8-25(13)16-11-14(21(27)28-2)20-19(23-16)18(24-31-20)15-6-7-22-26(15)17-5-3-4-9-30-17/h6-7,11,13,17H,3-5,8-10,12H2,1-2H3. The van der Waals surface area contributed by atoms with Gasteiger partial charge in [0.1, 0.15) is 17.0 Å². The molecule has 5 rings (SSSR count). The van der Waals surface area contributed by atoms with E-state index in [1.54, 1.807) is 12.3 Å². The Morgan fingerprint density at radius 2 is 2.23 bits per heavy atom. The van der Waals surface area contributed by atoms with Crippen molar-refractivity contribution in [3.63, 3.8) is 0 Å². The molecule has 0 saturated carbocycles. The van der Waals surface area contributed by atoms with Crippen LogP contribution in [0.3, 0.4) is 0 Å². The molecule has 10 heteroatoms. The highest BCUT2D eigenvalue weighted by Gasteiger charge is 2.27. The number of fused-ring (bicyclic) bond motifs is 1. The minimum absolute atomic E-state index is 0.113. The van der Waals surface area contributed by atoms with Gasteiger partial charge < -0.3 is 19.1 Å². The Morgan fingerprint density at radius 1 is 1.32 bits per heavy atom. The molecule has 5 heterocycles. The van der Waals surface area contributed by atoms with Crippen LogP contribution >= 0.6 is 11.5 Å². The summed E-state index contributed by atoms with van der Waals surface area (Å²) in [5.74, 6) is 0.332. The molecule has 2 aliphatic rings. The van der Waals surface area contributed by atoms with Gasteiger partial charge in [-0.15, -0.1) is 0 Å². The highest BCUT2D eigenvalue weighted by molar-refractivity contribution is 7.14. The summed E-state index contributed by atoms with van der Waals surface area (Å²) in [4.78, 5) is 19.7. The zero-order valence-electron chi connectivity index (χ0n) is 17.6. The molecular weight excluding hydrogens is 418 g/mol. The van der Waals surface area contributed by atoms with Crippen LogP contribution in [-0.4, -0.2) is 64.6 Å². The second-order valence-corrected chi connectivity index (χ2v) is 8.60. The number of morpholine rings is 1. The topological polar surface area (TPSA) is 91.6 Å². The highest BCUT2D eigenvalue weighted by atomic mass is 32.1. The summed E-state index contributed by atoms with van der Waals surface area (Å²) < 4.78 is 23.9. The van der Waals surface area contributed by atoms with Gasteiger partial charge in [0.15, 0.2) is 6.23 Å². The van der Waals surface area contributed by atoms with Crippen molar-refractivity contribution in [1.82, 2.24) is 19.1 Å². The van der Waals surface area contributed by atoms with Gasteiger partial charge in [-0.1, -0.05) is 0 Å². The van der Waals surface area contributed by atoms with Gasteiger partial charge in [0.25, 0.3) is 0 Å². The molecule has 2 unspecified atom stereocenters. The number of hydrogen-bond donors (Lipinski definition) is 0. The molecule has 0 aromatic carbocycles. The van der Waals surface area contributed by atoms with Crippen molar-refractivity contribution in [2.75, 3.05) is 38.4 Å². The van der Waals surface area contributed by atoms with Crippen LogP contribution in [0.4, 0.5) is 5.82 Å². The van der Waals surface area contributed by atoms with Gasteiger partial charge in [-0.2, -0.15) is 9.47 Å². The number of aromatic nitrogens is 4. The lowest BCUT2D eigenvalue weighted by molar-refractivity contribution is -0.0383. The van der Waals surface area contributed by atoms with E-state index in [2.05, 4.69) is 21.3 Å². The predicted octanol–water partition coefficient (Wildman–Crippen LogP) is 3.27. The van der Waals surface area contributed by atoms with E-state index in [4.69, 9.17) is 19.2 Å². The highest BCUT2D eigenvalue weighted by Crippen LogP contribution is 2.36. The summed E-state index contributed by atoms with van der Waals surface area (Å²) in [6, 6.07) is 3.88.